The van der Waals surface area contributed by atoms with Crippen molar-refractivity contribution in [1.29, 1.82) is 0 Å². The number of benzene rings is 1. The van der Waals surface area contributed by atoms with E-state index >= 15 is 0 Å². The first-order valence-corrected chi connectivity index (χ1v) is 8.37. The topological polar surface area (TPSA) is 48.9 Å². The van der Waals surface area contributed by atoms with E-state index in [1.54, 1.807) is 7.05 Å². The SMILES string of the molecule is CCOc1cccc(CNC(=NC)NC2CCN(CC(F)(F)F)C2)c1. The summed E-state index contributed by atoms with van der Waals surface area (Å²) in [6.07, 6.45) is -3.49. The van der Waals surface area contributed by atoms with Crippen LogP contribution >= 0.6 is 0 Å². The smallest absolute Gasteiger partial charge is 0.401 e. The fourth-order valence-corrected chi connectivity index (χ4v) is 2.83. The molecule has 1 aromatic rings. The molecule has 1 aliphatic heterocycles. The number of ether oxygens (including phenoxy) is 1. The van der Waals surface area contributed by atoms with Crippen molar-refractivity contribution in [2.75, 3.05) is 33.3 Å². The summed E-state index contributed by atoms with van der Waals surface area (Å²) in [6.45, 7) is 3.03. The Morgan fingerprint density at radius 3 is 2.88 bits per heavy atom. The lowest BCUT2D eigenvalue weighted by Gasteiger charge is -2.20. The van der Waals surface area contributed by atoms with Gasteiger partial charge in [0.15, 0.2) is 5.96 Å². The van der Waals surface area contributed by atoms with Crippen molar-refractivity contribution in [3.63, 3.8) is 0 Å². The molecular weight excluding hydrogens is 333 g/mol. The molecule has 25 heavy (non-hydrogen) atoms. The van der Waals surface area contributed by atoms with Gasteiger partial charge in [0.2, 0.25) is 0 Å². The van der Waals surface area contributed by atoms with Gasteiger partial charge in [0.25, 0.3) is 0 Å². The van der Waals surface area contributed by atoms with Gasteiger partial charge >= 0.3 is 6.18 Å². The first-order valence-electron chi connectivity index (χ1n) is 8.37. The van der Waals surface area contributed by atoms with E-state index in [4.69, 9.17) is 4.74 Å². The van der Waals surface area contributed by atoms with Gasteiger partial charge in [-0.15, -0.1) is 0 Å². The van der Waals surface area contributed by atoms with Crippen LogP contribution in [-0.4, -0.2) is 56.4 Å². The standard InChI is InChI=1S/C17H25F3N4O/c1-3-25-15-6-4-5-13(9-15)10-22-16(21-2)23-14-7-8-24(11-14)12-17(18,19)20/h4-6,9,14H,3,7-8,10-12H2,1-2H3,(H2,21,22,23). The van der Waals surface area contributed by atoms with Crippen molar-refractivity contribution >= 4 is 5.96 Å². The Morgan fingerprint density at radius 2 is 2.20 bits per heavy atom. The minimum Gasteiger partial charge on any atom is -0.494 e. The van der Waals surface area contributed by atoms with Crippen LogP contribution in [0.25, 0.3) is 0 Å². The van der Waals surface area contributed by atoms with E-state index in [1.807, 2.05) is 31.2 Å². The van der Waals surface area contributed by atoms with Crippen LogP contribution in [0, 0.1) is 0 Å². The molecule has 0 amide bonds. The summed E-state index contributed by atoms with van der Waals surface area (Å²) in [7, 11) is 1.65. The van der Waals surface area contributed by atoms with E-state index in [9.17, 15) is 13.2 Å². The lowest BCUT2D eigenvalue weighted by atomic mass is 10.2. The van der Waals surface area contributed by atoms with Crippen LogP contribution < -0.4 is 15.4 Å². The van der Waals surface area contributed by atoms with Crippen molar-refractivity contribution in [3.05, 3.63) is 29.8 Å². The van der Waals surface area contributed by atoms with E-state index in [-0.39, 0.29) is 6.04 Å². The molecule has 1 atom stereocenters. The minimum atomic E-state index is -4.15. The molecule has 1 heterocycles. The Morgan fingerprint density at radius 1 is 1.40 bits per heavy atom. The third kappa shape index (κ3) is 6.81. The zero-order valence-corrected chi connectivity index (χ0v) is 14.6. The number of likely N-dealkylation sites (tertiary alicyclic amines) is 1. The van der Waals surface area contributed by atoms with Gasteiger partial charge in [-0.05, 0) is 31.0 Å². The number of halogens is 3. The Kier molecular flexibility index (Phi) is 6.92. The average Bonchev–Trinajstić information content (AvgIpc) is 2.97. The first-order chi connectivity index (χ1) is 11.9. The van der Waals surface area contributed by atoms with Crippen molar-refractivity contribution < 1.29 is 17.9 Å². The van der Waals surface area contributed by atoms with Crippen LogP contribution in [0.15, 0.2) is 29.3 Å². The molecule has 0 aliphatic carbocycles. The largest absolute Gasteiger partial charge is 0.494 e. The number of hydrogen-bond acceptors (Lipinski definition) is 3. The van der Waals surface area contributed by atoms with Crippen LogP contribution in [0.4, 0.5) is 13.2 Å². The molecule has 0 saturated carbocycles. The molecule has 2 rings (SSSR count). The number of alkyl halides is 3. The van der Waals surface area contributed by atoms with Crippen LogP contribution in [0.3, 0.4) is 0 Å². The average molecular weight is 358 g/mol. The molecule has 5 nitrogen and oxygen atoms in total. The van der Waals surface area contributed by atoms with E-state index in [0.29, 0.717) is 38.6 Å². The lowest BCUT2D eigenvalue weighted by molar-refractivity contribution is -0.143. The highest BCUT2D eigenvalue weighted by Gasteiger charge is 2.34. The van der Waals surface area contributed by atoms with E-state index < -0.39 is 12.7 Å². The van der Waals surface area contributed by atoms with Gasteiger partial charge in [-0.3, -0.25) is 9.89 Å². The molecule has 1 saturated heterocycles. The van der Waals surface area contributed by atoms with E-state index in [2.05, 4.69) is 15.6 Å². The van der Waals surface area contributed by atoms with Crippen LogP contribution in [-0.2, 0) is 6.54 Å². The molecule has 1 aromatic carbocycles. The minimum absolute atomic E-state index is 0.0386. The van der Waals surface area contributed by atoms with Crippen molar-refractivity contribution in [3.8, 4) is 5.75 Å². The normalized spacial score (nSPS) is 19.1. The van der Waals surface area contributed by atoms with Gasteiger partial charge in [0, 0.05) is 32.7 Å². The second kappa shape index (κ2) is 8.94. The number of rotatable bonds is 6. The second-order valence-corrected chi connectivity index (χ2v) is 5.99. The number of aliphatic imine (C=N–C) groups is 1. The molecule has 1 fully saturated rings. The van der Waals surface area contributed by atoms with Crippen LogP contribution in [0.1, 0.15) is 18.9 Å². The predicted octanol–water partition coefficient (Wildman–Crippen LogP) is 2.39. The van der Waals surface area contributed by atoms with Gasteiger partial charge < -0.3 is 15.4 Å². The summed E-state index contributed by atoms with van der Waals surface area (Å²) in [6, 6.07) is 7.70. The molecular formula is C17H25F3N4O. The van der Waals surface area contributed by atoms with Crippen LogP contribution in [0.2, 0.25) is 0 Å². The summed E-state index contributed by atoms with van der Waals surface area (Å²) in [4.78, 5) is 5.56. The Balaban J connectivity index is 1.80. The van der Waals surface area contributed by atoms with Crippen molar-refractivity contribution in [2.45, 2.75) is 32.1 Å². The highest BCUT2D eigenvalue weighted by atomic mass is 19.4. The number of nitrogens with one attached hydrogen (secondary N) is 2. The Hall–Kier alpha value is -1.96. The fraction of sp³-hybridized carbons (Fsp3) is 0.588. The van der Waals surface area contributed by atoms with Gasteiger partial charge in [-0.2, -0.15) is 13.2 Å². The monoisotopic (exact) mass is 358 g/mol. The summed E-state index contributed by atoms with van der Waals surface area (Å²) in [5, 5.41) is 6.38. The number of hydrogen-bond donors (Lipinski definition) is 2. The zero-order valence-electron chi connectivity index (χ0n) is 14.6. The summed E-state index contributed by atoms with van der Waals surface area (Å²) < 4.78 is 42.8. The maximum absolute atomic E-state index is 12.5. The zero-order chi connectivity index (χ0) is 18.3. The van der Waals surface area contributed by atoms with Crippen molar-refractivity contribution in [1.82, 2.24) is 15.5 Å². The molecule has 0 bridgehead atoms. The van der Waals surface area contributed by atoms with Gasteiger partial charge in [0.05, 0.1) is 13.2 Å². The summed E-state index contributed by atoms with van der Waals surface area (Å²) in [5.74, 6) is 1.39. The lowest BCUT2D eigenvalue weighted by Crippen LogP contribution is -2.44. The first kappa shape index (κ1) is 19.4. The van der Waals surface area contributed by atoms with Gasteiger partial charge in [-0.25, -0.2) is 0 Å². The quantitative estimate of drug-likeness (QED) is 0.606. The molecule has 140 valence electrons. The van der Waals surface area contributed by atoms with Crippen molar-refractivity contribution in [2.24, 2.45) is 4.99 Å². The second-order valence-electron chi connectivity index (χ2n) is 5.99. The highest BCUT2D eigenvalue weighted by Crippen LogP contribution is 2.20. The number of guanidine groups is 1. The fourth-order valence-electron chi connectivity index (χ4n) is 2.83. The summed E-state index contributed by atoms with van der Waals surface area (Å²) in [5.41, 5.74) is 1.04. The molecule has 0 aromatic heterocycles. The van der Waals surface area contributed by atoms with Crippen LogP contribution in [0.5, 0.6) is 5.75 Å². The van der Waals surface area contributed by atoms with Gasteiger partial charge in [0.1, 0.15) is 5.75 Å². The maximum Gasteiger partial charge on any atom is 0.401 e. The Labute approximate surface area is 146 Å². The highest BCUT2D eigenvalue weighted by molar-refractivity contribution is 5.80. The van der Waals surface area contributed by atoms with Gasteiger partial charge in [-0.1, -0.05) is 12.1 Å². The molecule has 0 spiro atoms. The van der Waals surface area contributed by atoms with E-state index in [1.165, 1.54) is 4.90 Å². The molecule has 0 radical (unpaired) electrons. The maximum atomic E-state index is 12.5. The summed E-state index contributed by atoms with van der Waals surface area (Å²) >= 11 is 0. The number of nitrogens with zero attached hydrogens (tertiary/aromatic N) is 2. The molecule has 2 N–H and O–H groups in total. The third-order valence-electron chi connectivity index (χ3n) is 3.91. The molecule has 1 aliphatic rings. The van der Waals surface area contributed by atoms with E-state index in [0.717, 1.165) is 11.3 Å². The predicted molar refractivity (Wildman–Crippen MR) is 91.8 cm³/mol. The molecule has 1 unspecified atom stereocenters. The Bertz CT molecular complexity index is 577. The molecule has 8 heteroatoms. The third-order valence-corrected chi connectivity index (χ3v) is 3.91.